The number of aromatic nitrogens is 2. The van der Waals surface area contributed by atoms with E-state index < -0.39 is 0 Å². The van der Waals surface area contributed by atoms with Gasteiger partial charge in [0.1, 0.15) is 11.6 Å². The van der Waals surface area contributed by atoms with E-state index in [0.717, 1.165) is 11.1 Å². The molecule has 1 aromatic heterocycles. The highest BCUT2D eigenvalue weighted by atomic mass is 32.2. The number of rotatable bonds is 4. The summed E-state index contributed by atoms with van der Waals surface area (Å²) in [5.74, 6) is -0.599. The molecular weight excluding hydrogens is 324 g/mol. The van der Waals surface area contributed by atoms with Gasteiger partial charge in [-0.25, -0.2) is 8.78 Å². The van der Waals surface area contributed by atoms with Gasteiger partial charge in [0.15, 0.2) is 4.34 Å². The number of benzene rings is 2. The van der Waals surface area contributed by atoms with Crippen molar-refractivity contribution in [2.24, 2.45) is 0 Å². The lowest BCUT2D eigenvalue weighted by Gasteiger charge is -2.16. The summed E-state index contributed by atoms with van der Waals surface area (Å²) < 4.78 is 27.0. The molecule has 0 fully saturated rings. The fraction of sp³-hybridized carbons (Fsp3) is 0.0667. The summed E-state index contributed by atoms with van der Waals surface area (Å²) in [7, 11) is 0. The average molecular weight is 335 g/mol. The second kappa shape index (κ2) is 6.41. The van der Waals surface area contributed by atoms with Gasteiger partial charge in [0.25, 0.3) is 0 Å². The number of hydrogen-bond acceptors (Lipinski definition) is 5. The van der Waals surface area contributed by atoms with E-state index in [0.29, 0.717) is 9.47 Å². The van der Waals surface area contributed by atoms with E-state index in [1.54, 1.807) is 24.3 Å². The zero-order valence-electron chi connectivity index (χ0n) is 11.2. The average Bonchev–Trinajstić information content (AvgIpc) is 2.92. The minimum Gasteiger partial charge on any atom is -0.374 e. The van der Waals surface area contributed by atoms with Gasteiger partial charge in [-0.2, -0.15) is 0 Å². The number of halogens is 2. The van der Waals surface area contributed by atoms with Crippen LogP contribution in [0.4, 0.5) is 13.9 Å². The molecule has 22 heavy (non-hydrogen) atoms. The van der Waals surface area contributed by atoms with E-state index in [2.05, 4.69) is 10.2 Å². The molecule has 0 bridgehead atoms. The Balaban J connectivity index is 1.97. The normalized spacial score (nSPS) is 11.0. The number of anilines is 1. The molecule has 7 heteroatoms. The first-order chi connectivity index (χ1) is 10.6. The van der Waals surface area contributed by atoms with E-state index in [4.69, 9.17) is 5.73 Å². The Labute approximate surface area is 134 Å². The van der Waals surface area contributed by atoms with Crippen LogP contribution in [0.15, 0.2) is 52.9 Å². The minimum absolute atomic E-state index is 0.145. The second-order valence-corrected chi connectivity index (χ2v) is 6.87. The van der Waals surface area contributed by atoms with Crippen molar-refractivity contribution in [3.05, 3.63) is 71.3 Å². The highest BCUT2D eigenvalue weighted by Gasteiger charge is 2.18. The molecule has 3 aromatic rings. The highest BCUT2D eigenvalue weighted by Crippen LogP contribution is 2.41. The maximum absolute atomic E-state index is 13.1. The maximum atomic E-state index is 13.1. The van der Waals surface area contributed by atoms with Crippen LogP contribution in [0.25, 0.3) is 0 Å². The van der Waals surface area contributed by atoms with Crippen molar-refractivity contribution in [1.29, 1.82) is 0 Å². The number of nitrogen functional groups attached to an aromatic ring is 1. The summed E-state index contributed by atoms with van der Waals surface area (Å²) in [5, 5.41) is 8.03. The van der Waals surface area contributed by atoms with Gasteiger partial charge < -0.3 is 5.73 Å². The van der Waals surface area contributed by atoms with E-state index in [-0.39, 0.29) is 16.9 Å². The Morgan fingerprint density at radius 1 is 0.864 bits per heavy atom. The largest absolute Gasteiger partial charge is 0.374 e. The van der Waals surface area contributed by atoms with Crippen molar-refractivity contribution in [1.82, 2.24) is 10.2 Å². The first kappa shape index (κ1) is 14.9. The SMILES string of the molecule is Nc1nnc(SC(c2ccc(F)cc2)c2ccc(F)cc2)s1. The molecule has 2 N–H and O–H groups in total. The summed E-state index contributed by atoms with van der Waals surface area (Å²) in [4.78, 5) is 0. The second-order valence-electron chi connectivity index (χ2n) is 4.51. The lowest BCUT2D eigenvalue weighted by atomic mass is 10.0. The maximum Gasteiger partial charge on any atom is 0.203 e. The smallest absolute Gasteiger partial charge is 0.203 e. The van der Waals surface area contributed by atoms with Gasteiger partial charge in [0.05, 0.1) is 5.25 Å². The van der Waals surface area contributed by atoms with E-state index in [1.807, 2.05) is 0 Å². The van der Waals surface area contributed by atoms with Crippen LogP contribution in [0.2, 0.25) is 0 Å². The van der Waals surface area contributed by atoms with Gasteiger partial charge in [-0.05, 0) is 35.4 Å². The Hall–Kier alpha value is -1.99. The van der Waals surface area contributed by atoms with Gasteiger partial charge in [0, 0.05) is 0 Å². The van der Waals surface area contributed by atoms with Crippen molar-refractivity contribution in [3.63, 3.8) is 0 Å². The summed E-state index contributed by atoms with van der Waals surface area (Å²) in [5.41, 5.74) is 7.39. The molecule has 0 amide bonds. The number of thioether (sulfide) groups is 1. The van der Waals surface area contributed by atoms with Crippen LogP contribution in [-0.2, 0) is 0 Å². The van der Waals surface area contributed by atoms with Crippen LogP contribution < -0.4 is 5.73 Å². The molecule has 0 unspecified atom stereocenters. The summed E-state index contributed by atoms with van der Waals surface area (Å²) in [6.45, 7) is 0. The van der Waals surface area contributed by atoms with E-state index >= 15 is 0 Å². The highest BCUT2D eigenvalue weighted by molar-refractivity contribution is 8.01. The van der Waals surface area contributed by atoms with Crippen LogP contribution in [-0.4, -0.2) is 10.2 Å². The zero-order chi connectivity index (χ0) is 15.5. The molecule has 0 saturated carbocycles. The van der Waals surface area contributed by atoms with Crippen LogP contribution in [0, 0.1) is 11.6 Å². The summed E-state index contributed by atoms with van der Waals surface area (Å²) in [6, 6.07) is 12.5. The molecule has 1 heterocycles. The van der Waals surface area contributed by atoms with E-state index in [9.17, 15) is 8.78 Å². The molecule has 0 aliphatic heterocycles. The molecule has 0 atom stereocenters. The summed E-state index contributed by atoms with van der Waals surface area (Å²) in [6.07, 6.45) is 0. The number of nitrogens with two attached hydrogens (primary N) is 1. The quantitative estimate of drug-likeness (QED) is 0.723. The zero-order valence-corrected chi connectivity index (χ0v) is 12.9. The summed E-state index contributed by atoms with van der Waals surface area (Å²) >= 11 is 2.73. The third kappa shape index (κ3) is 3.42. The molecule has 0 aliphatic carbocycles. The monoisotopic (exact) mass is 335 g/mol. The predicted octanol–water partition coefficient (Wildman–Crippen LogP) is 4.28. The molecule has 3 nitrogen and oxygen atoms in total. The van der Waals surface area contributed by atoms with Crippen LogP contribution >= 0.6 is 23.1 Å². The lowest BCUT2D eigenvalue weighted by Crippen LogP contribution is -1.97. The van der Waals surface area contributed by atoms with Gasteiger partial charge in [0.2, 0.25) is 5.13 Å². The molecule has 0 aliphatic rings. The van der Waals surface area contributed by atoms with Crippen LogP contribution in [0.1, 0.15) is 16.4 Å². The third-order valence-electron chi connectivity index (χ3n) is 2.99. The fourth-order valence-electron chi connectivity index (χ4n) is 1.97. The van der Waals surface area contributed by atoms with E-state index in [1.165, 1.54) is 47.4 Å². The number of nitrogens with zero attached hydrogens (tertiary/aromatic N) is 2. The molecule has 0 radical (unpaired) electrons. The number of hydrogen-bond donors (Lipinski definition) is 1. The van der Waals surface area contributed by atoms with Crippen molar-refractivity contribution >= 4 is 28.2 Å². The molecule has 0 saturated heterocycles. The Morgan fingerprint density at radius 3 is 1.77 bits per heavy atom. The van der Waals surface area contributed by atoms with Gasteiger partial charge in [-0.15, -0.1) is 10.2 Å². The Kier molecular flexibility index (Phi) is 4.35. The van der Waals surface area contributed by atoms with Gasteiger partial charge in [-0.1, -0.05) is 47.4 Å². The minimum atomic E-state index is -0.299. The fourth-order valence-corrected chi connectivity index (χ4v) is 3.93. The predicted molar refractivity (Wildman–Crippen MR) is 84.8 cm³/mol. The Bertz CT molecular complexity index is 712. The van der Waals surface area contributed by atoms with Crippen LogP contribution in [0.3, 0.4) is 0 Å². The third-order valence-corrected chi connectivity index (χ3v) is 5.14. The topological polar surface area (TPSA) is 51.8 Å². The van der Waals surface area contributed by atoms with Gasteiger partial charge in [-0.3, -0.25) is 0 Å². The van der Waals surface area contributed by atoms with Crippen molar-refractivity contribution < 1.29 is 8.78 Å². The van der Waals surface area contributed by atoms with Crippen molar-refractivity contribution in [2.75, 3.05) is 5.73 Å². The van der Waals surface area contributed by atoms with Crippen LogP contribution in [0.5, 0.6) is 0 Å². The lowest BCUT2D eigenvalue weighted by molar-refractivity contribution is 0.626. The molecule has 0 spiro atoms. The van der Waals surface area contributed by atoms with Crippen molar-refractivity contribution in [3.8, 4) is 0 Å². The first-order valence-electron chi connectivity index (χ1n) is 6.38. The first-order valence-corrected chi connectivity index (χ1v) is 8.08. The van der Waals surface area contributed by atoms with Gasteiger partial charge >= 0.3 is 0 Å². The molecule has 2 aromatic carbocycles. The molecule has 3 rings (SSSR count). The molecular formula is C15H11F2N3S2. The van der Waals surface area contributed by atoms with Crippen molar-refractivity contribution in [2.45, 2.75) is 9.59 Å². The molecule has 112 valence electrons. The standard InChI is InChI=1S/C15H11F2N3S2/c16-11-5-1-9(2-6-11)13(10-3-7-12(17)8-4-10)21-15-20-19-14(18)22-15/h1-8,13H,(H2,18,19). The Morgan fingerprint density at radius 2 is 1.36 bits per heavy atom.